The normalized spacial score (nSPS) is 14.1. The molecular weight excluding hydrogens is 595 g/mol. The summed E-state index contributed by atoms with van der Waals surface area (Å²) >= 11 is 0. The highest BCUT2D eigenvalue weighted by Crippen LogP contribution is 2.55. The fourth-order valence-electron chi connectivity index (χ4n) is 8.39. The van der Waals surface area contributed by atoms with Crippen molar-refractivity contribution in [1.82, 2.24) is 4.57 Å². The van der Waals surface area contributed by atoms with Crippen LogP contribution in [0.5, 0.6) is 0 Å². The van der Waals surface area contributed by atoms with Crippen molar-refractivity contribution >= 4 is 55.9 Å². The first-order valence-electron chi connectivity index (χ1n) is 17.1. The topological polar surface area (TPSA) is 11.4 Å². The molecule has 2 heterocycles. The van der Waals surface area contributed by atoms with Crippen LogP contribution in [0.15, 0.2) is 158 Å². The van der Waals surface area contributed by atoms with Gasteiger partial charge in [0.1, 0.15) is 0 Å². The van der Waals surface area contributed by atoms with Gasteiger partial charge in [-0.2, -0.15) is 0 Å². The number of rotatable bonds is 3. The lowest BCUT2D eigenvalue weighted by Gasteiger charge is -2.40. The highest BCUT2D eigenvalue weighted by Gasteiger charge is 2.36. The van der Waals surface area contributed by atoms with Crippen molar-refractivity contribution in [3.05, 3.63) is 174 Å². The Labute approximate surface area is 286 Å². The van der Waals surface area contributed by atoms with Crippen molar-refractivity contribution in [3.63, 3.8) is 0 Å². The zero-order chi connectivity index (χ0) is 32.9. The fraction of sp³-hybridized carbons (Fsp3) is 0.0870. The molecular formula is C46H35N3. The van der Waals surface area contributed by atoms with Crippen LogP contribution in [0.4, 0.5) is 34.1 Å². The molecule has 0 amide bonds. The third-order valence-corrected chi connectivity index (χ3v) is 10.7. The van der Waals surface area contributed by atoms with Crippen molar-refractivity contribution in [3.8, 4) is 16.8 Å². The summed E-state index contributed by atoms with van der Waals surface area (Å²) in [5, 5.41) is 2.53. The third-order valence-electron chi connectivity index (χ3n) is 10.7. The van der Waals surface area contributed by atoms with Gasteiger partial charge in [-0.1, -0.05) is 98.3 Å². The number of hydrogen-bond donors (Lipinski definition) is 0. The predicted molar refractivity (Wildman–Crippen MR) is 206 cm³/mol. The van der Waals surface area contributed by atoms with E-state index in [1.54, 1.807) is 0 Å². The summed E-state index contributed by atoms with van der Waals surface area (Å²) in [6.07, 6.45) is 0. The van der Waals surface area contributed by atoms with E-state index >= 15 is 0 Å². The number of anilines is 6. The van der Waals surface area contributed by atoms with Gasteiger partial charge in [-0.25, -0.2) is 0 Å². The van der Waals surface area contributed by atoms with Gasteiger partial charge < -0.3 is 14.4 Å². The summed E-state index contributed by atoms with van der Waals surface area (Å²) in [5.41, 5.74) is 17.2. The van der Waals surface area contributed by atoms with Crippen molar-refractivity contribution in [2.24, 2.45) is 0 Å². The second-order valence-corrected chi connectivity index (χ2v) is 13.9. The Morgan fingerprint density at radius 3 is 1.63 bits per heavy atom. The molecule has 10 rings (SSSR count). The van der Waals surface area contributed by atoms with Crippen LogP contribution in [0.3, 0.4) is 0 Å². The molecule has 0 fully saturated rings. The number of fused-ring (bicyclic) bond motifs is 8. The van der Waals surface area contributed by atoms with Crippen molar-refractivity contribution < 1.29 is 0 Å². The maximum atomic E-state index is 2.48. The summed E-state index contributed by atoms with van der Waals surface area (Å²) in [7, 11) is 0. The first kappa shape index (κ1) is 28.0. The highest BCUT2D eigenvalue weighted by molar-refractivity contribution is 6.13. The first-order valence-corrected chi connectivity index (χ1v) is 17.1. The van der Waals surface area contributed by atoms with E-state index in [2.05, 4.69) is 193 Å². The average molecular weight is 630 g/mol. The van der Waals surface area contributed by atoms with E-state index in [4.69, 9.17) is 0 Å². The van der Waals surface area contributed by atoms with Crippen LogP contribution in [0.25, 0.3) is 38.6 Å². The maximum absolute atomic E-state index is 2.48. The van der Waals surface area contributed by atoms with Gasteiger partial charge in [0, 0.05) is 33.2 Å². The minimum Gasteiger partial charge on any atom is -0.309 e. The van der Waals surface area contributed by atoms with Crippen molar-refractivity contribution in [2.45, 2.75) is 26.2 Å². The molecule has 0 saturated heterocycles. The molecule has 3 heteroatoms. The lowest BCUT2D eigenvalue weighted by Crippen LogP contribution is -2.23. The minimum absolute atomic E-state index is 0.0817. The van der Waals surface area contributed by atoms with Crippen LogP contribution >= 0.6 is 0 Å². The van der Waals surface area contributed by atoms with Gasteiger partial charge in [0.15, 0.2) is 0 Å². The molecule has 0 bridgehead atoms. The van der Waals surface area contributed by atoms with E-state index in [9.17, 15) is 0 Å². The number of aromatic nitrogens is 1. The molecule has 0 N–H and O–H groups in total. The molecule has 1 aliphatic heterocycles. The monoisotopic (exact) mass is 629 g/mol. The van der Waals surface area contributed by atoms with Crippen LogP contribution in [-0.2, 0) is 5.41 Å². The molecule has 49 heavy (non-hydrogen) atoms. The lowest BCUT2D eigenvalue weighted by molar-refractivity contribution is 0.661. The van der Waals surface area contributed by atoms with Crippen LogP contribution in [0.2, 0.25) is 0 Å². The second-order valence-electron chi connectivity index (χ2n) is 13.9. The summed E-state index contributed by atoms with van der Waals surface area (Å²) in [6, 6.07) is 58.0. The SMILES string of the molecule is Cc1ccc(-n2c3ccc(N4c5ccccc5N(c5ccccc5)c5ccccc54)cc3c3cc4c(cc32)-c2ccccc2C4(C)C)cc1. The van der Waals surface area contributed by atoms with E-state index in [0.717, 1.165) is 34.1 Å². The minimum atomic E-state index is -0.0817. The average Bonchev–Trinajstić information content (AvgIpc) is 3.57. The number of nitrogens with zero attached hydrogens (tertiary/aromatic N) is 3. The van der Waals surface area contributed by atoms with Crippen molar-refractivity contribution in [2.75, 3.05) is 9.80 Å². The van der Waals surface area contributed by atoms with E-state index < -0.39 is 0 Å². The highest BCUT2D eigenvalue weighted by atomic mass is 15.3. The molecule has 0 radical (unpaired) electrons. The van der Waals surface area contributed by atoms with E-state index in [1.807, 2.05) is 0 Å². The van der Waals surface area contributed by atoms with Gasteiger partial charge in [0.05, 0.1) is 33.8 Å². The molecule has 7 aromatic carbocycles. The molecule has 0 unspecified atom stereocenters. The summed E-state index contributed by atoms with van der Waals surface area (Å²) < 4.78 is 2.46. The van der Waals surface area contributed by atoms with Crippen LogP contribution in [0.1, 0.15) is 30.5 Å². The van der Waals surface area contributed by atoms with E-state index in [-0.39, 0.29) is 5.41 Å². The molecule has 0 atom stereocenters. The zero-order valence-corrected chi connectivity index (χ0v) is 27.9. The Bertz CT molecular complexity index is 2540. The largest absolute Gasteiger partial charge is 0.309 e. The number of hydrogen-bond acceptors (Lipinski definition) is 2. The third kappa shape index (κ3) is 3.96. The molecule has 8 aromatic rings. The molecule has 1 aromatic heterocycles. The van der Waals surface area contributed by atoms with Crippen LogP contribution < -0.4 is 9.80 Å². The molecule has 1 aliphatic carbocycles. The zero-order valence-electron chi connectivity index (χ0n) is 27.9. The van der Waals surface area contributed by atoms with Crippen LogP contribution in [-0.4, -0.2) is 4.57 Å². The molecule has 0 saturated carbocycles. The summed E-state index contributed by atoms with van der Waals surface area (Å²) in [4.78, 5) is 4.82. The lowest BCUT2D eigenvalue weighted by atomic mass is 9.82. The molecule has 3 nitrogen and oxygen atoms in total. The molecule has 2 aliphatic rings. The molecule has 0 spiro atoms. The van der Waals surface area contributed by atoms with Crippen LogP contribution in [0, 0.1) is 6.92 Å². The second kappa shape index (κ2) is 10.2. The van der Waals surface area contributed by atoms with E-state index in [1.165, 1.54) is 55.3 Å². The Morgan fingerprint density at radius 1 is 0.408 bits per heavy atom. The molecule has 234 valence electrons. The number of para-hydroxylation sites is 5. The Balaban J connectivity index is 1.25. The predicted octanol–water partition coefficient (Wildman–Crippen LogP) is 12.7. The maximum Gasteiger partial charge on any atom is 0.0703 e. The van der Waals surface area contributed by atoms with Gasteiger partial charge in [0.2, 0.25) is 0 Å². The Hall–Kier alpha value is -6.06. The van der Waals surface area contributed by atoms with Gasteiger partial charge >= 0.3 is 0 Å². The Morgan fingerprint density at radius 2 is 0.959 bits per heavy atom. The number of benzene rings is 7. The quantitative estimate of drug-likeness (QED) is 0.193. The fourth-order valence-corrected chi connectivity index (χ4v) is 8.39. The van der Waals surface area contributed by atoms with Gasteiger partial charge in [-0.3, -0.25) is 0 Å². The first-order chi connectivity index (χ1) is 24.0. The summed E-state index contributed by atoms with van der Waals surface area (Å²) in [5.74, 6) is 0. The van der Waals surface area contributed by atoms with E-state index in [0.29, 0.717) is 0 Å². The van der Waals surface area contributed by atoms with Gasteiger partial charge in [-0.15, -0.1) is 0 Å². The van der Waals surface area contributed by atoms with Gasteiger partial charge in [-0.05, 0) is 108 Å². The Kier molecular flexibility index (Phi) is 5.84. The van der Waals surface area contributed by atoms with Crippen molar-refractivity contribution in [1.29, 1.82) is 0 Å². The smallest absolute Gasteiger partial charge is 0.0703 e. The number of aryl methyl sites for hydroxylation is 1. The standard InChI is InChI=1S/C46H35N3/c1-30-21-23-32(24-22-30)47-40-26-25-33(27-36(40)37-28-39-35(29-45(37)47)34-15-7-8-16-38(34)46(39,2)3)49-43-19-11-9-17-41(43)48(31-13-5-4-6-14-31)42-18-10-12-20-44(42)49/h4-29H,1-3H3. The van der Waals surface area contributed by atoms with Gasteiger partial charge in [0.25, 0.3) is 0 Å². The summed E-state index contributed by atoms with van der Waals surface area (Å²) in [6.45, 7) is 6.89.